The highest BCUT2D eigenvalue weighted by Crippen LogP contribution is 2.30. The molecule has 27 heavy (non-hydrogen) atoms. The van der Waals surface area contributed by atoms with E-state index in [9.17, 15) is 4.79 Å². The van der Waals surface area contributed by atoms with Gasteiger partial charge in [0, 0.05) is 50.0 Å². The molecule has 1 N–H and O–H groups in total. The molecule has 1 fully saturated rings. The summed E-state index contributed by atoms with van der Waals surface area (Å²) >= 11 is 0. The number of aryl methyl sites for hydroxylation is 1. The summed E-state index contributed by atoms with van der Waals surface area (Å²) in [5, 5.41) is 8.19. The Kier molecular flexibility index (Phi) is 4.39. The van der Waals surface area contributed by atoms with Crippen LogP contribution in [0.15, 0.2) is 30.6 Å². The van der Waals surface area contributed by atoms with Gasteiger partial charge in [0.05, 0.1) is 23.7 Å². The topological polar surface area (TPSA) is 91.2 Å². The Morgan fingerprint density at radius 2 is 2.22 bits per heavy atom. The molecule has 1 aliphatic rings. The molecule has 1 unspecified atom stereocenters. The molecule has 1 saturated heterocycles. The fourth-order valence-corrected chi connectivity index (χ4v) is 3.23. The second kappa shape index (κ2) is 6.86. The molecule has 0 aliphatic carbocycles. The summed E-state index contributed by atoms with van der Waals surface area (Å²) < 4.78 is 13.0. The number of carbonyl (C=O) groups is 1. The number of aromatic nitrogens is 4. The highest BCUT2D eigenvalue weighted by atomic mass is 16.5. The van der Waals surface area contributed by atoms with Crippen molar-refractivity contribution in [2.45, 2.75) is 19.4 Å². The maximum atomic E-state index is 11.5. The Balaban J connectivity index is 1.70. The number of nitrogens with zero attached hydrogens (tertiary/aromatic N) is 4. The van der Waals surface area contributed by atoms with Gasteiger partial charge in [0.25, 0.3) is 0 Å². The van der Waals surface area contributed by atoms with Crippen LogP contribution in [0.4, 0.5) is 0 Å². The van der Waals surface area contributed by atoms with Crippen LogP contribution in [-0.4, -0.2) is 45.4 Å². The lowest BCUT2D eigenvalue weighted by atomic mass is 10.0. The van der Waals surface area contributed by atoms with Crippen molar-refractivity contribution in [2.75, 3.05) is 13.7 Å². The minimum absolute atomic E-state index is 0.0630. The summed E-state index contributed by atoms with van der Waals surface area (Å²) in [5.74, 6) is 1.24. The van der Waals surface area contributed by atoms with Gasteiger partial charge < -0.3 is 14.8 Å². The predicted molar refractivity (Wildman–Crippen MR) is 99.5 cm³/mol. The molecule has 1 amide bonds. The Labute approximate surface area is 156 Å². The third-order valence-electron chi connectivity index (χ3n) is 4.79. The van der Waals surface area contributed by atoms with Gasteiger partial charge in [-0.1, -0.05) is 0 Å². The van der Waals surface area contributed by atoms with E-state index >= 15 is 0 Å². The molecular formula is C19H21N5O3. The summed E-state index contributed by atoms with van der Waals surface area (Å²) in [6, 6.07) is 5.60. The van der Waals surface area contributed by atoms with E-state index in [0.717, 1.165) is 22.2 Å². The van der Waals surface area contributed by atoms with E-state index in [0.29, 0.717) is 24.7 Å². The van der Waals surface area contributed by atoms with Crippen LogP contribution in [0.3, 0.4) is 0 Å². The number of hydrogen-bond acceptors (Lipinski definition) is 6. The second-order valence-electron chi connectivity index (χ2n) is 6.73. The molecule has 8 heteroatoms. The van der Waals surface area contributed by atoms with Crippen LogP contribution in [0.5, 0.6) is 11.8 Å². The number of ether oxygens (including phenoxy) is 2. The Hall–Kier alpha value is -3.16. The van der Waals surface area contributed by atoms with Crippen molar-refractivity contribution in [2.24, 2.45) is 13.0 Å². The predicted octanol–water partition coefficient (Wildman–Crippen LogP) is 1.94. The molecule has 0 saturated carbocycles. The van der Waals surface area contributed by atoms with Crippen LogP contribution < -0.4 is 14.8 Å². The molecular weight excluding hydrogens is 346 g/mol. The summed E-state index contributed by atoms with van der Waals surface area (Å²) in [5.41, 5.74) is 2.36. The first kappa shape index (κ1) is 17.3. The monoisotopic (exact) mass is 367 g/mol. The Bertz CT molecular complexity index is 983. The average Bonchev–Trinajstić information content (AvgIpc) is 3.26. The van der Waals surface area contributed by atoms with Crippen LogP contribution in [0.1, 0.15) is 13.3 Å². The number of fused-ring (bicyclic) bond motifs is 1. The minimum atomic E-state index is -0.149. The quantitative estimate of drug-likeness (QED) is 0.741. The van der Waals surface area contributed by atoms with Crippen molar-refractivity contribution in [3.05, 3.63) is 30.6 Å². The highest BCUT2D eigenvalue weighted by Gasteiger charge is 2.29. The maximum absolute atomic E-state index is 11.5. The number of nitrogens with one attached hydrogen (secondary N) is 1. The number of methoxy groups -OCH3 is 1. The van der Waals surface area contributed by atoms with E-state index in [2.05, 4.69) is 15.4 Å². The zero-order chi connectivity index (χ0) is 19.0. The Morgan fingerprint density at radius 3 is 2.89 bits per heavy atom. The van der Waals surface area contributed by atoms with Crippen molar-refractivity contribution >= 4 is 16.8 Å². The van der Waals surface area contributed by atoms with Crippen molar-refractivity contribution in [1.29, 1.82) is 0 Å². The average molecular weight is 367 g/mol. The molecule has 0 radical (unpaired) electrons. The van der Waals surface area contributed by atoms with Crippen molar-refractivity contribution in [1.82, 2.24) is 25.1 Å². The van der Waals surface area contributed by atoms with E-state index in [1.807, 2.05) is 32.3 Å². The smallest absolute Gasteiger partial charge is 0.225 e. The van der Waals surface area contributed by atoms with Gasteiger partial charge in [0.2, 0.25) is 17.7 Å². The number of hydrogen-bond donors (Lipinski definition) is 1. The third kappa shape index (κ3) is 3.42. The number of pyridine rings is 2. The largest absolute Gasteiger partial charge is 0.481 e. The molecule has 4 heterocycles. The fraction of sp³-hybridized carbons (Fsp3) is 0.368. The second-order valence-corrected chi connectivity index (χ2v) is 6.73. The van der Waals surface area contributed by atoms with Crippen molar-refractivity contribution < 1.29 is 14.3 Å². The van der Waals surface area contributed by atoms with Crippen LogP contribution in [0.2, 0.25) is 0 Å². The van der Waals surface area contributed by atoms with Crippen LogP contribution in [0.25, 0.3) is 22.2 Å². The molecule has 8 nitrogen and oxygen atoms in total. The Morgan fingerprint density at radius 1 is 1.37 bits per heavy atom. The number of carbonyl (C=O) groups excluding carboxylic acids is 1. The van der Waals surface area contributed by atoms with Gasteiger partial charge in [-0.25, -0.2) is 9.97 Å². The first-order chi connectivity index (χ1) is 13.0. The van der Waals surface area contributed by atoms with Crippen molar-refractivity contribution in [3.63, 3.8) is 0 Å². The van der Waals surface area contributed by atoms with Crippen LogP contribution >= 0.6 is 0 Å². The van der Waals surface area contributed by atoms with Gasteiger partial charge in [-0.3, -0.25) is 9.48 Å². The first-order valence-corrected chi connectivity index (χ1v) is 8.81. The molecule has 2 atom stereocenters. The summed E-state index contributed by atoms with van der Waals surface area (Å²) in [7, 11) is 3.44. The van der Waals surface area contributed by atoms with Gasteiger partial charge in [-0.05, 0) is 19.1 Å². The van der Waals surface area contributed by atoms with E-state index < -0.39 is 0 Å². The van der Waals surface area contributed by atoms with Gasteiger partial charge >= 0.3 is 0 Å². The zero-order valence-electron chi connectivity index (χ0n) is 15.5. The van der Waals surface area contributed by atoms with Crippen LogP contribution in [-0.2, 0) is 11.8 Å². The maximum Gasteiger partial charge on any atom is 0.225 e. The molecule has 3 aromatic heterocycles. The standard InChI is InChI=1S/C19H21N5O3/c1-11(13-6-17(25)20-9-13)27-19-14-10-24(2)23-16(14)7-15(22-19)12-4-5-18(26-3)21-8-12/h4-5,7-8,10-11,13H,6,9H2,1-3H3,(H,20,25)/t11?,13-/m1/s1. The number of amides is 1. The van der Waals surface area contributed by atoms with Gasteiger partial charge in [-0.2, -0.15) is 5.10 Å². The summed E-state index contributed by atoms with van der Waals surface area (Å²) in [6.45, 7) is 2.59. The zero-order valence-corrected chi connectivity index (χ0v) is 15.5. The van der Waals surface area contributed by atoms with E-state index in [4.69, 9.17) is 14.5 Å². The molecule has 0 spiro atoms. The van der Waals surface area contributed by atoms with E-state index in [1.165, 1.54) is 0 Å². The van der Waals surface area contributed by atoms with Crippen LogP contribution in [0, 0.1) is 5.92 Å². The summed E-state index contributed by atoms with van der Waals surface area (Å²) in [4.78, 5) is 20.5. The highest BCUT2D eigenvalue weighted by molar-refractivity contribution is 5.86. The van der Waals surface area contributed by atoms with Gasteiger partial charge in [0.15, 0.2) is 0 Å². The normalized spacial score (nSPS) is 17.7. The molecule has 0 aromatic carbocycles. The molecule has 140 valence electrons. The third-order valence-corrected chi connectivity index (χ3v) is 4.79. The SMILES string of the molecule is COc1ccc(-c2cc3nn(C)cc3c(OC(C)[C@H]3CNC(=O)C3)n2)cn1. The van der Waals surface area contributed by atoms with E-state index in [1.54, 1.807) is 24.1 Å². The fourth-order valence-electron chi connectivity index (χ4n) is 3.23. The lowest BCUT2D eigenvalue weighted by molar-refractivity contribution is -0.119. The summed E-state index contributed by atoms with van der Waals surface area (Å²) in [6.07, 6.45) is 3.92. The molecule has 3 aromatic rings. The van der Waals surface area contributed by atoms with Crippen molar-refractivity contribution in [3.8, 4) is 23.0 Å². The first-order valence-electron chi connectivity index (χ1n) is 8.81. The van der Waals surface area contributed by atoms with Gasteiger partial charge in [0.1, 0.15) is 6.10 Å². The number of rotatable bonds is 5. The molecule has 1 aliphatic heterocycles. The lowest BCUT2D eigenvalue weighted by Crippen LogP contribution is -2.26. The molecule has 4 rings (SSSR count). The minimum Gasteiger partial charge on any atom is -0.481 e. The van der Waals surface area contributed by atoms with Gasteiger partial charge in [-0.15, -0.1) is 0 Å². The molecule has 0 bridgehead atoms. The lowest BCUT2D eigenvalue weighted by Gasteiger charge is -2.19. The van der Waals surface area contributed by atoms with E-state index in [-0.39, 0.29) is 17.9 Å².